The SMILES string of the molecule is COC(C)CCC(=O)N(C)Cc1ccc(N)cc1. The third-order valence-corrected chi connectivity index (χ3v) is 2.99. The van der Waals surface area contributed by atoms with Gasteiger partial charge in [-0.2, -0.15) is 0 Å². The Labute approximate surface area is 109 Å². The van der Waals surface area contributed by atoms with Crippen LogP contribution in [-0.2, 0) is 16.1 Å². The van der Waals surface area contributed by atoms with Crippen molar-refractivity contribution in [1.29, 1.82) is 0 Å². The van der Waals surface area contributed by atoms with Crippen molar-refractivity contribution in [2.45, 2.75) is 32.4 Å². The summed E-state index contributed by atoms with van der Waals surface area (Å²) in [5.41, 5.74) is 7.44. The minimum Gasteiger partial charge on any atom is -0.399 e. The molecule has 0 radical (unpaired) electrons. The minimum atomic E-state index is 0.124. The summed E-state index contributed by atoms with van der Waals surface area (Å²) in [6.45, 7) is 2.58. The number of nitrogens with zero attached hydrogens (tertiary/aromatic N) is 1. The Kier molecular flexibility index (Phi) is 5.65. The summed E-state index contributed by atoms with van der Waals surface area (Å²) in [6, 6.07) is 7.58. The summed E-state index contributed by atoms with van der Waals surface area (Å²) in [5, 5.41) is 0. The zero-order chi connectivity index (χ0) is 13.5. The standard InChI is InChI=1S/C14H22N2O2/c1-11(18-3)4-9-14(17)16(2)10-12-5-7-13(15)8-6-12/h5-8,11H,4,9-10,15H2,1-3H3. The maximum absolute atomic E-state index is 11.9. The smallest absolute Gasteiger partial charge is 0.222 e. The number of anilines is 1. The lowest BCUT2D eigenvalue weighted by Gasteiger charge is -2.18. The summed E-state index contributed by atoms with van der Waals surface area (Å²) in [4.78, 5) is 13.6. The van der Waals surface area contributed by atoms with Crippen molar-refractivity contribution in [1.82, 2.24) is 4.90 Å². The fourth-order valence-electron chi connectivity index (χ4n) is 1.62. The highest BCUT2D eigenvalue weighted by molar-refractivity contribution is 5.75. The van der Waals surface area contributed by atoms with Crippen LogP contribution in [0.2, 0.25) is 0 Å². The van der Waals surface area contributed by atoms with Crippen LogP contribution >= 0.6 is 0 Å². The molecule has 4 nitrogen and oxygen atoms in total. The number of nitrogen functional groups attached to an aromatic ring is 1. The van der Waals surface area contributed by atoms with E-state index < -0.39 is 0 Å². The zero-order valence-electron chi connectivity index (χ0n) is 11.3. The van der Waals surface area contributed by atoms with E-state index in [0.717, 1.165) is 17.7 Å². The second-order valence-electron chi connectivity index (χ2n) is 4.58. The molecule has 0 aliphatic carbocycles. The number of amides is 1. The third-order valence-electron chi connectivity index (χ3n) is 2.99. The second-order valence-corrected chi connectivity index (χ2v) is 4.58. The van der Waals surface area contributed by atoms with Gasteiger partial charge in [0.05, 0.1) is 6.10 Å². The summed E-state index contributed by atoms with van der Waals surface area (Å²) in [7, 11) is 3.48. The molecule has 1 atom stereocenters. The van der Waals surface area contributed by atoms with Crippen molar-refractivity contribution in [3.8, 4) is 0 Å². The summed E-state index contributed by atoms with van der Waals surface area (Å²) in [5.74, 6) is 0.135. The molecule has 1 amide bonds. The van der Waals surface area contributed by atoms with Gasteiger partial charge in [-0.1, -0.05) is 12.1 Å². The van der Waals surface area contributed by atoms with E-state index in [1.54, 1.807) is 12.0 Å². The Hall–Kier alpha value is -1.55. The molecule has 18 heavy (non-hydrogen) atoms. The van der Waals surface area contributed by atoms with Gasteiger partial charge in [-0.05, 0) is 31.0 Å². The highest BCUT2D eigenvalue weighted by atomic mass is 16.5. The number of hydrogen-bond acceptors (Lipinski definition) is 3. The van der Waals surface area contributed by atoms with E-state index in [1.807, 2.05) is 38.2 Å². The van der Waals surface area contributed by atoms with Crippen LogP contribution in [0, 0.1) is 0 Å². The minimum absolute atomic E-state index is 0.124. The van der Waals surface area contributed by atoms with Crippen LogP contribution in [0.15, 0.2) is 24.3 Å². The van der Waals surface area contributed by atoms with Gasteiger partial charge in [-0.3, -0.25) is 4.79 Å². The fraction of sp³-hybridized carbons (Fsp3) is 0.500. The van der Waals surface area contributed by atoms with E-state index in [-0.39, 0.29) is 12.0 Å². The average Bonchev–Trinajstić information content (AvgIpc) is 2.38. The Bertz CT molecular complexity index is 376. The largest absolute Gasteiger partial charge is 0.399 e. The summed E-state index contributed by atoms with van der Waals surface area (Å²) < 4.78 is 5.13. The zero-order valence-corrected chi connectivity index (χ0v) is 11.3. The number of nitrogens with two attached hydrogens (primary N) is 1. The predicted octanol–water partition coefficient (Wildman–Crippen LogP) is 2.04. The van der Waals surface area contributed by atoms with Gasteiger partial charge >= 0.3 is 0 Å². The molecule has 4 heteroatoms. The molecule has 0 spiro atoms. The molecule has 1 rings (SSSR count). The lowest BCUT2D eigenvalue weighted by molar-refractivity contribution is -0.131. The molecular weight excluding hydrogens is 228 g/mol. The van der Waals surface area contributed by atoms with Crippen molar-refractivity contribution in [2.75, 3.05) is 19.9 Å². The normalized spacial score (nSPS) is 12.2. The van der Waals surface area contributed by atoms with E-state index in [9.17, 15) is 4.79 Å². The number of rotatable bonds is 6. The molecule has 0 fully saturated rings. The Morgan fingerprint density at radius 3 is 2.56 bits per heavy atom. The Balaban J connectivity index is 2.42. The molecule has 0 heterocycles. The maximum atomic E-state index is 11.9. The van der Waals surface area contributed by atoms with Crippen LogP contribution < -0.4 is 5.73 Å². The van der Waals surface area contributed by atoms with Gasteiger partial charge in [0, 0.05) is 32.8 Å². The number of ether oxygens (including phenoxy) is 1. The molecule has 2 N–H and O–H groups in total. The lowest BCUT2D eigenvalue weighted by atomic mass is 10.1. The van der Waals surface area contributed by atoms with E-state index >= 15 is 0 Å². The monoisotopic (exact) mass is 250 g/mol. The highest BCUT2D eigenvalue weighted by Gasteiger charge is 2.11. The number of carbonyl (C=O) groups excluding carboxylic acids is 1. The predicted molar refractivity (Wildman–Crippen MR) is 73.0 cm³/mol. The first-order chi connectivity index (χ1) is 8.52. The summed E-state index contributed by atoms with van der Waals surface area (Å²) >= 11 is 0. The van der Waals surface area contributed by atoms with Gasteiger partial charge in [-0.25, -0.2) is 0 Å². The van der Waals surface area contributed by atoms with Gasteiger partial charge < -0.3 is 15.4 Å². The van der Waals surface area contributed by atoms with Crippen LogP contribution in [0.1, 0.15) is 25.3 Å². The lowest BCUT2D eigenvalue weighted by Crippen LogP contribution is -2.26. The number of benzene rings is 1. The molecule has 1 aromatic carbocycles. The molecule has 1 aromatic rings. The van der Waals surface area contributed by atoms with Crippen molar-refractivity contribution in [2.24, 2.45) is 0 Å². The summed E-state index contributed by atoms with van der Waals surface area (Å²) in [6.07, 6.45) is 1.39. The molecule has 1 unspecified atom stereocenters. The molecule has 0 bridgehead atoms. The Morgan fingerprint density at radius 2 is 2.00 bits per heavy atom. The van der Waals surface area contributed by atoms with Crippen LogP contribution in [0.5, 0.6) is 0 Å². The molecule has 0 saturated heterocycles. The molecule has 0 aromatic heterocycles. The van der Waals surface area contributed by atoms with Crippen molar-refractivity contribution >= 4 is 11.6 Å². The topological polar surface area (TPSA) is 55.6 Å². The van der Waals surface area contributed by atoms with Gasteiger partial charge in [-0.15, -0.1) is 0 Å². The number of carbonyl (C=O) groups is 1. The van der Waals surface area contributed by atoms with Gasteiger partial charge in [0.15, 0.2) is 0 Å². The van der Waals surface area contributed by atoms with Crippen molar-refractivity contribution in [3.63, 3.8) is 0 Å². The van der Waals surface area contributed by atoms with Crippen molar-refractivity contribution < 1.29 is 9.53 Å². The highest BCUT2D eigenvalue weighted by Crippen LogP contribution is 2.09. The van der Waals surface area contributed by atoms with E-state index in [2.05, 4.69) is 0 Å². The van der Waals surface area contributed by atoms with Gasteiger partial charge in [0.1, 0.15) is 0 Å². The van der Waals surface area contributed by atoms with Crippen LogP contribution in [0.3, 0.4) is 0 Å². The first-order valence-corrected chi connectivity index (χ1v) is 6.14. The Morgan fingerprint density at radius 1 is 1.39 bits per heavy atom. The fourth-order valence-corrected chi connectivity index (χ4v) is 1.62. The molecule has 0 saturated carbocycles. The van der Waals surface area contributed by atoms with Crippen LogP contribution in [0.25, 0.3) is 0 Å². The number of methoxy groups -OCH3 is 1. The average molecular weight is 250 g/mol. The second kappa shape index (κ2) is 7.01. The van der Waals surface area contributed by atoms with E-state index in [0.29, 0.717) is 13.0 Å². The third kappa shape index (κ3) is 4.75. The van der Waals surface area contributed by atoms with Gasteiger partial charge in [0.25, 0.3) is 0 Å². The number of hydrogen-bond donors (Lipinski definition) is 1. The first-order valence-electron chi connectivity index (χ1n) is 6.14. The van der Waals surface area contributed by atoms with Crippen molar-refractivity contribution in [3.05, 3.63) is 29.8 Å². The maximum Gasteiger partial charge on any atom is 0.222 e. The molecule has 0 aliphatic heterocycles. The van der Waals surface area contributed by atoms with Gasteiger partial charge in [0.2, 0.25) is 5.91 Å². The van der Waals surface area contributed by atoms with E-state index in [4.69, 9.17) is 10.5 Å². The van der Waals surface area contributed by atoms with Crippen LogP contribution in [-0.4, -0.2) is 31.1 Å². The molecule has 0 aliphatic rings. The van der Waals surface area contributed by atoms with Crippen LogP contribution in [0.4, 0.5) is 5.69 Å². The quantitative estimate of drug-likeness (QED) is 0.786. The van der Waals surface area contributed by atoms with E-state index in [1.165, 1.54) is 0 Å². The molecule has 100 valence electrons. The first kappa shape index (κ1) is 14.5. The molecular formula is C14H22N2O2.